The van der Waals surface area contributed by atoms with Gasteiger partial charge in [0, 0.05) is 32.8 Å². The van der Waals surface area contributed by atoms with Crippen LogP contribution in [0.25, 0.3) is 99.7 Å². The molecule has 0 amide bonds. The van der Waals surface area contributed by atoms with E-state index in [2.05, 4.69) is 191 Å². The Balaban J connectivity index is 1.22. The first-order valence-electron chi connectivity index (χ1n) is 18.3. The summed E-state index contributed by atoms with van der Waals surface area (Å²) in [4.78, 5) is 10.9. The maximum absolute atomic E-state index is 5.51. The monoisotopic (exact) mass is 688 g/mol. The summed E-state index contributed by atoms with van der Waals surface area (Å²) < 4.78 is 4.75. The van der Waals surface area contributed by atoms with Gasteiger partial charge < -0.3 is 4.57 Å². The molecule has 0 radical (unpaired) electrons. The number of hydrogen-bond acceptors (Lipinski definition) is 2. The SMILES string of the molecule is c1ccc(-c2cccc(-n3c4ccccc4c4cc5c(cc43)c3ccccc3n5-c3nc4cc(-c5ccccc5)ccc4nc3-c3ccccc3)c2)cc1. The molecule has 0 saturated heterocycles. The van der Waals surface area contributed by atoms with Gasteiger partial charge in [-0.3, -0.25) is 4.57 Å². The Kier molecular flexibility index (Phi) is 6.82. The van der Waals surface area contributed by atoms with Gasteiger partial charge in [-0.25, -0.2) is 9.97 Å². The summed E-state index contributed by atoms with van der Waals surface area (Å²) in [6, 6.07) is 69.0. The third-order valence-corrected chi connectivity index (χ3v) is 10.7. The van der Waals surface area contributed by atoms with Crippen LogP contribution >= 0.6 is 0 Å². The molecule has 0 N–H and O–H groups in total. The van der Waals surface area contributed by atoms with Gasteiger partial charge in [0.2, 0.25) is 0 Å². The van der Waals surface area contributed by atoms with Crippen LogP contribution < -0.4 is 0 Å². The highest BCUT2D eigenvalue weighted by molar-refractivity contribution is 6.19. The van der Waals surface area contributed by atoms with E-state index in [-0.39, 0.29) is 0 Å². The highest BCUT2D eigenvalue weighted by Crippen LogP contribution is 2.41. The predicted octanol–water partition coefficient (Wildman–Crippen LogP) is 12.8. The first kappa shape index (κ1) is 30.3. The van der Waals surface area contributed by atoms with Crippen molar-refractivity contribution in [3.63, 3.8) is 0 Å². The van der Waals surface area contributed by atoms with Crippen molar-refractivity contribution in [2.24, 2.45) is 0 Å². The van der Waals surface area contributed by atoms with Crippen LogP contribution in [0.3, 0.4) is 0 Å². The second-order valence-electron chi connectivity index (χ2n) is 13.8. The Morgan fingerprint density at radius 1 is 0.296 bits per heavy atom. The lowest BCUT2D eigenvalue weighted by Gasteiger charge is -2.14. The summed E-state index contributed by atoms with van der Waals surface area (Å²) in [5.74, 6) is 0.809. The number of nitrogens with zero attached hydrogens (tertiary/aromatic N) is 4. The number of benzene rings is 8. The molecular formula is C50H32N4. The quantitative estimate of drug-likeness (QED) is 0.180. The molecule has 0 fully saturated rings. The molecule has 3 heterocycles. The van der Waals surface area contributed by atoms with Crippen molar-refractivity contribution >= 4 is 54.6 Å². The molecule has 3 aromatic heterocycles. The van der Waals surface area contributed by atoms with Crippen molar-refractivity contribution in [2.75, 3.05) is 0 Å². The minimum atomic E-state index is 0.809. The minimum Gasteiger partial charge on any atom is -0.309 e. The largest absolute Gasteiger partial charge is 0.309 e. The van der Waals surface area contributed by atoms with Crippen LogP contribution in [0.4, 0.5) is 0 Å². The third kappa shape index (κ3) is 4.78. The van der Waals surface area contributed by atoms with Gasteiger partial charge in [-0.15, -0.1) is 0 Å². The Hall–Kier alpha value is -7.30. The number of fused-ring (bicyclic) bond motifs is 7. The molecule has 4 nitrogen and oxygen atoms in total. The normalized spacial score (nSPS) is 11.7. The Morgan fingerprint density at radius 2 is 0.815 bits per heavy atom. The van der Waals surface area contributed by atoms with Gasteiger partial charge in [-0.1, -0.05) is 146 Å². The summed E-state index contributed by atoms with van der Waals surface area (Å²) in [6.45, 7) is 0. The van der Waals surface area contributed by atoms with Gasteiger partial charge >= 0.3 is 0 Å². The van der Waals surface area contributed by atoms with E-state index in [0.29, 0.717) is 0 Å². The summed E-state index contributed by atoms with van der Waals surface area (Å²) in [5.41, 5.74) is 13.9. The van der Waals surface area contributed by atoms with Crippen LogP contribution in [-0.4, -0.2) is 19.1 Å². The molecule has 11 rings (SSSR count). The lowest BCUT2D eigenvalue weighted by atomic mass is 10.0. The molecule has 0 unspecified atom stereocenters. The van der Waals surface area contributed by atoms with E-state index in [1.807, 2.05) is 12.1 Å². The molecule has 8 aromatic carbocycles. The second kappa shape index (κ2) is 12.1. The van der Waals surface area contributed by atoms with E-state index in [1.54, 1.807) is 0 Å². The molecule has 11 aromatic rings. The molecule has 0 saturated carbocycles. The lowest BCUT2D eigenvalue weighted by Crippen LogP contribution is -2.04. The van der Waals surface area contributed by atoms with E-state index in [9.17, 15) is 0 Å². The van der Waals surface area contributed by atoms with Crippen LogP contribution in [0.5, 0.6) is 0 Å². The zero-order valence-corrected chi connectivity index (χ0v) is 29.3. The smallest absolute Gasteiger partial charge is 0.165 e. The van der Waals surface area contributed by atoms with E-state index >= 15 is 0 Å². The molecule has 0 bridgehead atoms. The molecule has 0 aliphatic heterocycles. The zero-order valence-electron chi connectivity index (χ0n) is 29.3. The molecule has 0 atom stereocenters. The van der Waals surface area contributed by atoms with Crippen LogP contribution in [0, 0.1) is 0 Å². The predicted molar refractivity (Wildman–Crippen MR) is 225 cm³/mol. The summed E-state index contributed by atoms with van der Waals surface area (Å²) in [7, 11) is 0. The number of rotatable bonds is 5. The Labute approximate surface area is 311 Å². The molecule has 54 heavy (non-hydrogen) atoms. The van der Waals surface area contributed by atoms with Crippen molar-refractivity contribution in [3.05, 3.63) is 194 Å². The fourth-order valence-electron chi connectivity index (χ4n) is 8.19. The van der Waals surface area contributed by atoms with Gasteiger partial charge in [-0.05, 0) is 70.8 Å². The van der Waals surface area contributed by atoms with E-state index in [4.69, 9.17) is 9.97 Å². The number of hydrogen-bond donors (Lipinski definition) is 0. The molecule has 252 valence electrons. The van der Waals surface area contributed by atoms with Gasteiger partial charge in [0.1, 0.15) is 5.69 Å². The van der Waals surface area contributed by atoms with Gasteiger partial charge in [-0.2, -0.15) is 0 Å². The third-order valence-electron chi connectivity index (χ3n) is 10.7. The Bertz CT molecular complexity index is 3200. The van der Waals surface area contributed by atoms with Crippen molar-refractivity contribution in [2.45, 2.75) is 0 Å². The highest BCUT2D eigenvalue weighted by atomic mass is 15.1. The van der Waals surface area contributed by atoms with Crippen molar-refractivity contribution < 1.29 is 0 Å². The van der Waals surface area contributed by atoms with E-state index in [0.717, 1.165) is 61.5 Å². The van der Waals surface area contributed by atoms with Gasteiger partial charge in [0.15, 0.2) is 5.82 Å². The molecule has 0 spiro atoms. The molecule has 0 aliphatic carbocycles. The fourth-order valence-corrected chi connectivity index (χ4v) is 8.19. The van der Waals surface area contributed by atoms with Crippen LogP contribution in [0.15, 0.2) is 194 Å². The standard InChI is InChI=1S/C50H32N4/c1-4-15-33(16-5-1)36-21-14-22-38(29-36)53-45-25-12-10-23-39(45)41-32-48-42(31-47(41)53)40-24-11-13-26-46(40)54(48)50-49(35-19-8-3-9-20-35)51-43-28-27-37(30-44(43)52-50)34-17-6-2-7-18-34/h1-32H. The van der Waals surface area contributed by atoms with Crippen LogP contribution in [0.2, 0.25) is 0 Å². The average molecular weight is 689 g/mol. The summed E-state index contributed by atoms with van der Waals surface area (Å²) >= 11 is 0. The molecule has 0 aliphatic rings. The van der Waals surface area contributed by atoms with Crippen molar-refractivity contribution in [3.8, 4) is 45.0 Å². The number of aromatic nitrogens is 4. The lowest BCUT2D eigenvalue weighted by molar-refractivity contribution is 1.08. The zero-order chi connectivity index (χ0) is 35.6. The fraction of sp³-hybridized carbons (Fsp3) is 0. The van der Waals surface area contributed by atoms with Crippen molar-refractivity contribution in [1.82, 2.24) is 19.1 Å². The number of para-hydroxylation sites is 2. The topological polar surface area (TPSA) is 35.6 Å². The first-order chi connectivity index (χ1) is 26.8. The molecule has 4 heteroatoms. The van der Waals surface area contributed by atoms with E-state index in [1.165, 1.54) is 38.2 Å². The summed E-state index contributed by atoms with van der Waals surface area (Å²) in [5, 5.41) is 4.73. The Morgan fingerprint density at radius 3 is 1.46 bits per heavy atom. The van der Waals surface area contributed by atoms with Gasteiger partial charge in [0.05, 0.1) is 33.1 Å². The maximum Gasteiger partial charge on any atom is 0.165 e. The first-order valence-corrected chi connectivity index (χ1v) is 18.3. The second-order valence-corrected chi connectivity index (χ2v) is 13.8. The van der Waals surface area contributed by atoms with Crippen LogP contribution in [-0.2, 0) is 0 Å². The van der Waals surface area contributed by atoms with Crippen LogP contribution in [0.1, 0.15) is 0 Å². The molecular weight excluding hydrogens is 657 g/mol. The highest BCUT2D eigenvalue weighted by Gasteiger charge is 2.22. The average Bonchev–Trinajstić information content (AvgIpc) is 3.75. The van der Waals surface area contributed by atoms with Gasteiger partial charge in [0.25, 0.3) is 0 Å². The van der Waals surface area contributed by atoms with Crippen molar-refractivity contribution in [1.29, 1.82) is 0 Å². The summed E-state index contributed by atoms with van der Waals surface area (Å²) in [6.07, 6.45) is 0. The van der Waals surface area contributed by atoms with E-state index < -0.39 is 0 Å². The maximum atomic E-state index is 5.51. The minimum absolute atomic E-state index is 0.809.